The van der Waals surface area contributed by atoms with Crippen LogP contribution in [0, 0.1) is 17.8 Å². The van der Waals surface area contributed by atoms with Crippen LogP contribution in [0.4, 0.5) is 0 Å². The first-order chi connectivity index (χ1) is 5.20. The van der Waals surface area contributed by atoms with Gasteiger partial charge in [0.1, 0.15) is 0 Å². The molecule has 0 radical (unpaired) electrons. The van der Waals surface area contributed by atoms with Gasteiger partial charge in [-0.05, 0) is 31.1 Å². The van der Waals surface area contributed by atoms with Crippen molar-refractivity contribution < 1.29 is 9.90 Å². The fraction of sp³-hybridized carbons (Fsp3) is 0.875. The van der Waals surface area contributed by atoms with Gasteiger partial charge in [-0.2, -0.15) is 0 Å². The van der Waals surface area contributed by atoms with E-state index in [0.717, 1.165) is 19.3 Å². The molecule has 2 rings (SSSR count). The van der Waals surface area contributed by atoms with E-state index >= 15 is 0 Å². The van der Waals surface area contributed by atoms with Gasteiger partial charge in [0.2, 0.25) is 0 Å². The topological polar surface area (TPSA) is 63.3 Å². The first-order valence-corrected chi connectivity index (χ1v) is 4.18. The number of fused-ring (bicyclic) bond motifs is 2. The molecule has 62 valence electrons. The van der Waals surface area contributed by atoms with Crippen LogP contribution in [0.25, 0.3) is 0 Å². The third-order valence-corrected chi connectivity index (χ3v) is 3.27. The average molecular weight is 155 g/mol. The highest BCUT2D eigenvalue weighted by Gasteiger charge is 2.49. The van der Waals surface area contributed by atoms with E-state index < -0.39 is 5.97 Å². The summed E-state index contributed by atoms with van der Waals surface area (Å²) in [5.74, 6) is -0.0490. The summed E-state index contributed by atoms with van der Waals surface area (Å²) in [6.45, 7) is 0. The van der Waals surface area contributed by atoms with Crippen molar-refractivity contribution in [3.8, 4) is 0 Å². The molecule has 11 heavy (non-hydrogen) atoms. The van der Waals surface area contributed by atoms with E-state index in [2.05, 4.69) is 0 Å². The lowest BCUT2D eigenvalue weighted by Gasteiger charge is -2.23. The fourth-order valence-electron chi connectivity index (χ4n) is 2.70. The van der Waals surface area contributed by atoms with Gasteiger partial charge in [0.25, 0.3) is 0 Å². The summed E-state index contributed by atoms with van der Waals surface area (Å²) in [4.78, 5) is 10.7. The molecule has 2 fully saturated rings. The number of hydrogen-bond acceptors (Lipinski definition) is 2. The lowest BCUT2D eigenvalue weighted by atomic mass is 9.85. The highest BCUT2D eigenvalue weighted by Crippen LogP contribution is 2.47. The van der Waals surface area contributed by atoms with Crippen molar-refractivity contribution in [1.29, 1.82) is 0 Å². The van der Waals surface area contributed by atoms with E-state index in [4.69, 9.17) is 10.8 Å². The molecule has 2 bridgehead atoms. The minimum Gasteiger partial charge on any atom is -0.481 e. The van der Waals surface area contributed by atoms with Crippen LogP contribution in [0.1, 0.15) is 19.3 Å². The van der Waals surface area contributed by atoms with E-state index in [1.807, 2.05) is 0 Å². The predicted molar refractivity (Wildman–Crippen MR) is 39.9 cm³/mol. The predicted octanol–water partition coefficient (Wildman–Crippen LogP) is 0.444. The number of nitrogens with two attached hydrogens (primary N) is 1. The first kappa shape index (κ1) is 7.10. The smallest absolute Gasteiger partial charge is 0.308 e. The van der Waals surface area contributed by atoms with Crippen molar-refractivity contribution in [2.75, 3.05) is 0 Å². The highest BCUT2D eigenvalue weighted by atomic mass is 16.4. The van der Waals surface area contributed by atoms with Crippen molar-refractivity contribution in [1.82, 2.24) is 0 Å². The second-order valence-electron chi connectivity index (χ2n) is 3.77. The summed E-state index contributed by atoms with van der Waals surface area (Å²) in [5.41, 5.74) is 5.78. The molecular formula is C8H13NO2. The summed E-state index contributed by atoms with van der Waals surface area (Å²) in [5, 5.41) is 8.83. The quantitative estimate of drug-likeness (QED) is 0.577. The molecule has 0 aromatic rings. The summed E-state index contributed by atoms with van der Waals surface area (Å²) >= 11 is 0. The van der Waals surface area contributed by atoms with E-state index in [0.29, 0.717) is 11.8 Å². The average Bonchev–Trinajstić information content (AvgIpc) is 2.44. The molecule has 2 saturated carbocycles. The van der Waals surface area contributed by atoms with Crippen molar-refractivity contribution in [2.45, 2.75) is 25.3 Å². The van der Waals surface area contributed by atoms with Gasteiger partial charge < -0.3 is 10.8 Å². The van der Waals surface area contributed by atoms with Crippen LogP contribution in [0.5, 0.6) is 0 Å². The van der Waals surface area contributed by atoms with Crippen LogP contribution < -0.4 is 5.73 Å². The number of aliphatic carboxylic acids is 1. The van der Waals surface area contributed by atoms with Crippen molar-refractivity contribution in [3.63, 3.8) is 0 Å². The van der Waals surface area contributed by atoms with Crippen LogP contribution in [0.2, 0.25) is 0 Å². The molecule has 4 atom stereocenters. The van der Waals surface area contributed by atoms with Crippen LogP contribution in [0.3, 0.4) is 0 Å². The minimum atomic E-state index is -0.690. The maximum Gasteiger partial charge on any atom is 0.308 e. The molecule has 0 aromatic heterocycles. The van der Waals surface area contributed by atoms with Gasteiger partial charge in [0.15, 0.2) is 0 Å². The molecule has 3 nitrogen and oxygen atoms in total. The largest absolute Gasteiger partial charge is 0.481 e. The summed E-state index contributed by atoms with van der Waals surface area (Å²) in [6.07, 6.45) is 3.28. The van der Waals surface area contributed by atoms with E-state index in [1.165, 1.54) is 0 Å². The molecule has 2 aliphatic carbocycles. The molecule has 0 amide bonds. The summed E-state index contributed by atoms with van der Waals surface area (Å²) < 4.78 is 0. The first-order valence-electron chi connectivity index (χ1n) is 4.18. The maximum atomic E-state index is 10.7. The molecule has 0 unspecified atom stereocenters. The van der Waals surface area contributed by atoms with Crippen molar-refractivity contribution in [3.05, 3.63) is 0 Å². The molecule has 0 aliphatic heterocycles. The fourth-order valence-corrected chi connectivity index (χ4v) is 2.70. The Morgan fingerprint density at radius 1 is 1.36 bits per heavy atom. The lowest BCUT2D eigenvalue weighted by Crippen LogP contribution is -2.40. The van der Waals surface area contributed by atoms with Gasteiger partial charge in [0, 0.05) is 6.04 Å². The van der Waals surface area contributed by atoms with Crippen LogP contribution in [0.15, 0.2) is 0 Å². The van der Waals surface area contributed by atoms with Gasteiger partial charge in [-0.1, -0.05) is 0 Å². The Labute approximate surface area is 65.6 Å². The Morgan fingerprint density at radius 2 is 2.00 bits per heavy atom. The van der Waals surface area contributed by atoms with Crippen molar-refractivity contribution >= 4 is 5.97 Å². The van der Waals surface area contributed by atoms with E-state index in [-0.39, 0.29) is 12.0 Å². The highest BCUT2D eigenvalue weighted by molar-refractivity contribution is 5.72. The molecule has 0 aromatic carbocycles. The van der Waals surface area contributed by atoms with E-state index in [1.54, 1.807) is 0 Å². The molecular weight excluding hydrogens is 142 g/mol. The second-order valence-corrected chi connectivity index (χ2v) is 3.77. The summed E-state index contributed by atoms with van der Waals surface area (Å²) in [6, 6.07) is -0.0637. The van der Waals surface area contributed by atoms with Gasteiger partial charge >= 0.3 is 5.97 Å². The minimum absolute atomic E-state index is 0.0637. The van der Waals surface area contributed by atoms with Gasteiger partial charge in [-0.25, -0.2) is 0 Å². The Hall–Kier alpha value is -0.570. The zero-order valence-corrected chi connectivity index (χ0v) is 6.36. The Morgan fingerprint density at radius 3 is 2.36 bits per heavy atom. The third-order valence-electron chi connectivity index (χ3n) is 3.27. The lowest BCUT2D eigenvalue weighted by molar-refractivity contribution is -0.144. The SMILES string of the molecule is N[C@H]1[C@H]2CC[C@@H](C2)[C@@H]1C(=O)O. The Balaban J connectivity index is 2.17. The molecule has 0 spiro atoms. The normalized spacial score (nSPS) is 48.1. The van der Waals surface area contributed by atoms with Crippen molar-refractivity contribution in [2.24, 2.45) is 23.5 Å². The standard InChI is InChI=1S/C8H13NO2/c9-7-5-2-1-4(3-5)6(7)8(10)11/h4-7H,1-3,9H2,(H,10,11)/t4-,5-,6-,7-/m0/s1. The van der Waals surface area contributed by atoms with Crippen LogP contribution >= 0.6 is 0 Å². The summed E-state index contributed by atoms with van der Waals surface area (Å²) in [7, 11) is 0. The third kappa shape index (κ3) is 0.872. The van der Waals surface area contributed by atoms with Crippen LogP contribution in [-0.4, -0.2) is 17.1 Å². The zero-order chi connectivity index (χ0) is 8.01. The number of carboxylic acids is 1. The Kier molecular flexibility index (Phi) is 1.42. The molecule has 0 saturated heterocycles. The zero-order valence-electron chi connectivity index (χ0n) is 6.36. The van der Waals surface area contributed by atoms with Gasteiger partial charge in [-0.3, -0.25) is 4.79 Å². The molecule has 2 aliphatic rings. The van der Waals surface area contributed by atoms with Gasteiger partial charge in [-0.15, -0.1) is 0 Å². The molecule has 3 N–H and O–H groups in total. The number of hydrogen-bond donors (Lipinski definition) is 2. The number of carboxylic acid groups (broad SMARTS) is 1. The van der Waals surface area contributed by atoms with E-state index in [9.17, 15) is 4.79 Å². The molecule has 0 heterocycles. The number of carbonyl (C=O) groups is 1. The molecule has 3 heteroatoms. The monoisotopic (exact) mass is 155 g/mol. The second kappa shape index (κ2) is 2.21. The maximum absolute atomic E-state index is 10.7. The van der Waals surface area contributed by atoms with Gasteiger partial charge in [0.05, 0.1) is 5.92 Å². The van der Waals surface area contributed by atoms with Crippen LogP contribution in [-0.2, 0) is 4.79 Å². The number of rotatable bonds is 1. The Bertz CT molecular complexity index is 191.